The average Bonchev–Trinajstić information content (AvgIpc) is 2.72. The molecule has 0 aromatic heterocycles. The van der Waals surface area contributed by atoms with Crippen molar-refractivity contribution in [3.05, 3.63) is 53.6 Å². The smallest absolute Gasteiger partial charge is 0.387 e. The van der Waals surface area contributed by atoms with Crippen molar-refractivity contribution in [1.82, 2.24) is 16.2 Å². The van der Waals surface area contributed by atoms with E-state index in [1.165, 1.54) is 25.3 Å². The summed E-state index contributed by atoms with van der Waals surface area (Å²) in [5, 5.41) is 2.58. The lowest BCUT2D eigenvalue weighted by atomic mass is 10.1. The Labute approximate surface area is 178 Å². The Hall–Kier alpha value is -3.56. The van der Waals surface area contributed by atoms with Crippen LogP contribution < -0.4 is 30.4 Å². The Bertz CT molecular complexity index is 876. The van der Waals surface area contributed by atoms with Crippen LogP contribution in [0.25, 0.3) is 0 Å². The number of carbonyl (C=O) groups is 2. The van der Waals surface area contributed by atoms with Gasteiger partial charge in [-0.05, 0) is 56.2 Å². The third-order valence-corrected chi connectivity index (χ3v) is 3.93. The molecule has 3 N–H and O–H groups in total. The Morgan fingerprint density at radius 3 is 2.29 bits per heavy atom. The number of ether oxygens (including phenoxy) is 3. The molecule has 10 heteroatoms. The van der Waals surface area contributed by atoms with Crippen LogP contribution in [0.15, 0.2) is 42.5 Å². The van der Waals surface area contributed by atoms with E-state index in [4.69, 9.17) is 9.47 Å². The Kier molecular flexibility index (Phi) is 8.86. The van der Waals surface area contributed by atoms with Crippen molar-refractivity contribution in [3.63, 3.8) is 0 Å². The number of methoxy groups -OCH3 is 1. The van der Waals surface area contributed by atoms with Gasteiger partial charge in [0, 0.05) is 12.1 Å². The lowest BCUT2D eigenvalue weighted by Gasteiger charge is -2.14. The van der Waals surface area contributed by atoms with E-state index >= 15 is 0 Å². The minimum atomic E-state index is -2.88. The van der Waals surface area contributed by atoms with Crippen molar-refractivity contribution in [2.24, 2.45) is 0 Å². The first kappa shape index (κ1) is 23.7. The zero-order chi connectivity index (χ0) is 22.8. The second-order valence-corrected chi connectivity index (χ2v) is 6.64. The van der Waals surface area contributed by atoms with Crippen LogP contribution in [0.3, 0.4) is 0 Å². The zero-order valence-electron chi connectivity index (χ0n) is 17.4. The molecule has 2 rings (SSSR count). The van der Waals surface area contributed by atoms with E-state index in [0.717, 1.165) is 5.56 Å². The number of benzene rings is 2. The maximum absolute atomic E-state index is 12.2. The fraction of sp³-hybridized carbons (Fsp3) is 0.333. The molecule has 3 amide bonds. The predicted octanol–water partition coefficient (Wildman–Crippen LogP) is 3.27. The molecule has 0 atom stereocenters. The van der Waals surface area contributed by atoms with Gasteiger partial charge in [0.1, 0.15) is 5.75 Å². The number of alkyl halides is 2. The van der Waals surface area contributed by atoms with Crippen LogP contribution in [0.4, 0.5) is 13.6 Å². The molecule has 0 aliphatic rings. The normalized spacial score (nSPS) is 10.5. The van der Waals surface area contributed by atoms with E-state index in [-0.39, 0.29) is 24.0 Å². The molecule has 2 aromatic rings. The van der Waals surface area contributed by atoms with E-state index in [0.29, 0.717) is 17.9 Å². The number of hydrogen-bond donors (Lipinski definition) is 3. The first-order chi connectivity index (χ1) is 14.8. The Morgan fingerprint density at radius 1 is 0.968 bits per heavy atom. The third-order valence-electron chi connectivity index (χ3n) is 3.93. The van der Waals surface area contributed by atoms with Crippen LogP contribution in [0.2, 0.25) is 0 Å². The van der Waals surface area contributed by atoms with Gasteiger partial charge in [0.15, 0.2) is 11.5 Å². The summed E-state index contributed by atoms with van der Waals surface area (Å²) in [6, 6.07) is 10.2. The van der Waals surface area contributed by atoms with Gasteiger partial charge < -0.3 is 19.5 Å². The highest BCUT2D eigenvalue weighted by Crippen LogP contribution is 2.28. The van der Waals surface area contributed by atoms with Crippen LogP contribution in [0.5, 0.6) is 17.2 Å². The SMILES string of the molecule is COc1cc(C(=O)NNC(=O)NCCc2ccc(OC(F)F)cc2)ccc1OC(C)C. The Balaban J connectivity index is 1.77. The third kappa shape index (κ3) is 8.00. The summed E-state index contributed by atoms with van der Waals surface area (Å²) in [5.74, 6) is 0.441. The number of carbonyl (C=O) groups excluding carboxylic acids is 2. The highest BCUT2D eigenvalue weighted by atomic mass is 19.3. The van der Waals surface area contributed by atoms with Crippen molar-refractivity contribution < 1.29 is 32.6 Å². The first-order valence-corrected chi connectivity index (χ1v) is 9.51. The number of hydrogen-bond acceptors (Lipinski definition) is 5. The summed E-state index contributed by atoms with van der Waals surface area (Å²) in [5.41, 5.74) is 5.66. The maximum Gasteiger partial charge on any atom is 0.387 e. The van der Waals surface area contributed by atoms with E-state index in [1.54, 1.807) is 24.3 Å². The van der Waals surface area contributed by atoms with Crippen LogP contribution >= 0.6 is 0 Å². The summed E-state index contributed by atoms with van der Waals surface area (Å²) in [6.07, 6.45) is 0.410. The predicted molar refractivity (Wildman–Crippen MR) is 110 cm³/mol. The van der Waals surface area contributed by atoms with Crippen LogP contribution in [0, 0.1) is 0 Å². The monoisotopic (exact) mass is 437 g/mol. The molecular weight excluding hydrogens is 412 g/mol. The van der Waals surface area contributed by atoms with E-state index in [1.807, 2.05) is 13.8 Å². The minimum absolute atomic E-state index is 0.0529. The minimum Gasteiger partial charge on any atom is -0.493 e. The summed E-state index contributed by atoms with van der Waals surface area (Å²) in [7, 11) is 1.47. The Morgan fingerprint density at radius 2 is 1.68 bits per heavy atom. The lowest BCUT2D eigenvalue weighted by molar-refractivity contribution is -0.0498. The lowest BCUT2D eigenvalue weighted by Crippen LogP contribution is -2.47. The molecule has 0 spiro atoms. The maximum atomic E-state index is 12.2. The number of rotatable bonds is 9. The van der Waals surface area contributed by atoms with Crippen molar-refractivity contribution in [2.75, 3.05) is 13.7 Å². The van der Waals surface area contributed by atoms with E-state index < -0.39 is 18.5 Å². The topological polar surface area (TPSA) is 97.9 Å². The van der Waals surface area contributed by atoms with Crippen molar-refractivity contribution >= 4 is 11.9 Å². The molecule has 0 fully saturated rings. The molecule has 168 valence electrons. The molecule has 0 heterocycles. The van der Waals surface area contributed by atoms with Crippen LogP contribution in [-0.2, 0) is 6.42 Å². The molecule has 0 saturated carbocycles. The fourth-order valence-electron chi connectivity index (χ4n) is 2.55. The van der Waals surface area contributed by atoms with Gasteiger partial charge in [0.25, 0.3) is 5.91 Å². The molecule has 0 bridgehead atoms. The first-order valence-electron chi connectivity index (χ1n) is 9.51. The standard InChI is InChI=1S/C21H25F2N3O5/c1-13(2)30-17-9-6-15(12-18(17)29-3)19(27)25-26-21(28)24-11-10-14-4-7-16(8-5-14)31-20(22)23/h4-9,12-13,20H,10-11H2,1-3H3,(H,25,27)(H2,24,26,28). The van der Waals surface area contributed by atoms with Crippen molar-refractivity contribution in [1.29, 1.82) is 0 Å². The van der Waals surface area contributed by atoms with Gasteiger partial charge in [-0.15, -0.1) is 0 Å². The van der Waals surface area contributed by atoms with Gasteiger partial charge >= 0.3 is 12.6 Å². The van der Waals surface area contributed by atoms with Crippen molar-refractivity contribution in [2.45, 2.75) is 33.0 Å². The molecular formula is C21H25F2N3O5. The molecule has 8 nitrogen and oxygen atoms in total. The summed E-state index contributed by atoms with van der Waals surface area (Å²) >= 11 is 0. The van der Waals surface area contributed by atoms with Gasteiger partial charge in [-0.2, -0.15) is 8.78 Å². The number of halogens is 2. The quantitative estimate of drug-likeness (QED) is 0.523. The van der Waals surface area contributed by atoms with E-state index in [9.17, 15) is 18.4 Å². The average molecular weight is 437 g/mol. The number of hydrazine groups is 1. The number of amides is 3. The molecule has 2 aromatic carbocycles. The highest BCUT2D eigenvalue weighted by molar-refractivity contribution is 5.95. The fourth-order valence-corrected chi connectivity index (χ4v) is 2.55. The molecule has 0 aliphatic carbocycles. The van der Waals surface area contributed by atoms with Crippen molar-refractivity contribution in [3.8, 4) is 17.2 Å². The van der Waals surface area contributed by atoms with Gasteiger partial charge in [-0.1, -0.05) is 12.1 Å². The molecule has 31 heavy (non-hydrogen) atoms. The summed E-state index contributed by atoms with van der Waals surface area (Å²) in [6.45, 7) is 1.14. The molecule has 0 saturated heterocycles. The van der Waals surface area contributed by atoms with Gasteiger partial charge in [0.05, 0.1) is 13.2 Å². The van der Waals surface area contributed by atoms with Gasteiger partial charge in [0.2, 0.25) is 0 Å². The highest BCUT2D eigenvalue weighted by Gasteiger charge is 2.13. The molecule has 0 unspecified atom stereocenters. The molecule has 0 aliphatic heterocycles. The summed E-state index contributed by atoms with van der Waals surface area (Å²) in [4.78, 5) is 24.1. The van der Waals surface area contributed by atoms with E-state index in [2.05, 4.69) is 20.9 Å². The number of nitrogens with one attached hydrogen (secondary N) is 3. The van der Waals surface area contributed by atoms with Crippen LogP contribution in [0.1, 0.15) is 29.8 Å². The largest absolute Gasteiger partial charge is 0.493 e. The molecule has 0 radical (unpaired) electrons. The summed E-state index contributed by atoms with van der Waals surface area (Å²) < 4.78 is 39.4. The van der Waals surface area contributed by atoms with Crippen LogP contribution in [-0.4, -0.2) is 38.3 Å². The second-order valence-electron chi connectivity index (χ2n) is 6.64. The zero-order valence-corrected chi connectivity index (χ0v) is 17.4. The van der Waals surface area contributed by atoms with Gasteiger partial charge in [-0.3, -0.25) is 10.2 Å². The number of urea groups is 1. The second kappa shape index (κ2) is 11.6. The van der Waals surface area contributed by atoms with Gasteiger partial charge in [-0.25, -0.2) is 10.2 Å².